The molecule has 2 aromatic carbocycles. The molecule has 0 bridgehead atoms. The van der Waals surface area contributed by atoms with Crippen molar-refractivity contribution in [1.82, 2.24) is 44.6 Å². The molecule has 222 valence electrons. The van der Waals surface area contributed by atoms with E-state index < -0.39 is 0 Å². The van der Waals surface area contributed by atoms with Crippen LogP contribution in [0.5, 0.6) is 0 Å². The molecule has 5 aromatic heterocycles. The number of aromatic nitrogens is 8. The minimum atomic E-state index is 0.380. The van der Waals surface area contributed by atoms with Gasteiger partial charge < -0.3 is 4.98 Å². The van der Waals surface area contributed by atoms with E-state index in [2.05, 4.69) is 89.7 Å². The quantitative estimate of drug-likeness (QED) is 0.227. The summed E-state index contributed by atoms with van der Waals surface area (Å²) >= 11 is 0. The van der Waals surface area contributed by atoms with Crippen LogP contribution in [0.4, 0.5) is 0 Å². The number of pyridine rings is 2. The lowest BCUT2D eigenvalue weighted by atomic mass is 9.95. The van der Waals surface area contributed by atoms with Gasteiger partial charge in [0.15, 0.2) is 17.1 Å². The molecule has 1 saturated heterocycles. The molecule has 1 N–H and O–H groups in total. The van der Waals surface area contributed by atoms with Gasteiger partial charge in [-0.2, -0.15) is 9.61 Å². The van der Waals surface area contributed by atoms with Crippen molar-refractivity contribution < 1.29 is 0 Å². The second kappa shape index (κ2) is 11.3. The third-order valence-corrected chi connectivity index (χ3v) is 8.71. The van der Waals surface area contributed by atoms with Crippen LogP contribution in [-0.2, 0) is 6.54 Å². The number of piperidine rings is 1. The van der Waals surface area contributed by atoms with Crippen LogP contribution in [0.2, 0.25) is 0 Å². The van der Waals surface area contributed by atoms with Gasteiger partial charge in [0.25, 0.3) is 0 Å². The van der Waals surface area contributed by atoms with E-state index in [9.17, 15) is 0 Å². The first-order valence-electron chi connectivity index (χ1n) is 15.5. The number of likely N-dealkylation sites (tertiary alicyclic amines) is 1. The second-order valence-corrected chi connectivity index (χ2v) is 11.9. The highest BCUT2D eigenvalue weighted by atomic mass is 15.3. The zero-order chi connectivity index (χ0) is 30.3. The van der Waals surface area contributed by atoms with Gasteiger partial charge in [0.1, 0.15) is 11.5 Å². The average Bonchev–Trinajstić information content (AvgIpc) is 3.72. The van der Waals surface area contributed by atoms with E-state index >= 15 is 0 Å². The van der Waals surface area contributed by atoms with Crippen LogP contribution in [0, 0.1) is 13.8 Å². The number of nitrogens with zero attached hydrogens (tertiary/aromatic N) is 8. The Kier molecular flexibility index (Phi) is 6.87. The van der Waals surface area contributed by atoms with E-state index in [1.54, 1.807) is 0 Å². The van der Waals surface area contributed by atoms with Crippen LogP contribution in [0.25, 0.3) is 50.6 Å². The van der Waals surface area contributed by atoms with Crippen LogP contribution >= 0.6 is 0 Å². The van der Waals surface area contributed by atoms with E-state index in [-0.39, 0.29) is 0 Å². The predicted octanol–water partition coefficient (Wildman–Crippen LogP) is 6.79. The summed E-state index contributed by atoms with van der Waals surface area (Å²) in [6.07, 6.45) is 3.99. The maximum absolute atomic E-state index is 5.20. The topological polar surface area (TPSA) is 101 Å². The van der Waals surface area contributed by atoms with E-state index in [4.69, 9.17) is 4.98 Å². The van der Waals surface area contributed by atoms with Crippen LogP contribution < -0.4 is 0 Å². The van der Waals surface area contributed by atoms with Crippen molar-refractivity contribution in [2.24, 2.45) is 0 Å². The Bertz CT molecular complexity index is 2120. The number of H-pyrrole nitrogens is 1. The SMILES string of the molecule is Cc1cccc(-c2nnc(C3CCN(Cc4ccc(-c5nc6c(cnc7cc(C)nn76)cc5-c5ccccc5)cc4)CC3)[nH]2)n1. The van der Waals surface area contributed by atoms with Crippen molar-refractivity contribution in [1.29, 1.82) is 0 Å². The van der Waals surface area contributed by atoms with Gasteiger partial charge >= 0.3 is 0 Å². The molecule has 6 heterocycles. The predicted molar refractivity (Wildman–Crippen MR) is 175 cm³/mol. The molecule has 8 rings (SSSR count). The van der Waals surface area contributed by atoms with Crippen molar-refractivity contribution >= 4 is 16.7 Å². The largest absolute Gasteiger partial charge is 0.323 e. The lowest BCUT2D eigenvalue weighted by Crippen LogP contribution is -2.32. The Morgan fingerprint density at radius 3 is 2.42 bits per heavy atom. The molecule has 7 aromatic rings. The Labute approximate surface area is 261 Å². The summed E-state index contributed by atoms with van der Waals surface area (Å²) in [6.45, 7) is 6.92. The molecule has 0 unspecified atom stereocenters. The molecule has 0 atom stereocenters. The summed E-state index contributed by atoms with van der Waals surface area (Å²) in [5, 5.41) is 14.5. The molecule has 0 saturated carbocycles. The Morgan fingerprint density at radius 1 is 0.800 bits per heavy atom. The summed E-state index contributed by atoms with van der Waals surface area (Å²) in [6, 6.07) is 29.4. The highest BCUT2D eigenvalue weighted by Gasteiger charge is 2.24. The van der Waals surface area contributed by atoms with Gasteiger partial charge in [-0.05, 0) is 69.1 Å². The fraction of sp³-hybridized carbons (Fsp3) is 0.222. The zero-order valence-corrected chi connectivity index (χ0v) is 25.4. The average molecular weight is 592 g/mol. The number of nitrogens with one attached hydrogen (secondary N) is 1. The molecule has 1 aliphatic rings. The number of benzene rings is 2. The number of fused-ring (bicyclic) bond motifs is 3. The summed E-state index contributed by atoms with van der Waals surface area (Å²) < 4.78 is 1.85. The Morgan fingerprint density at radius 2 is 1.62 bits per heavy atom. The molecule has 0 spiro atoms. The van der Waals surface area contributed by atoms with Crippen LogP contribution in [0.3, 0.4) is 0 Å². The number of aryl methyl sites for hydroxylation is 2. The van der Waals surface area contributed by atoms with Gasteiger partial charge in [0, 0.05) is 46.9 Å². The van der Waals surface area contributed by atoms with E-state index in [1.807, 2.05) is 54.9 Å². The third kappa shape index (κ3) is 5.36. The van der Waals surface area contributed by atoms with Crippen LogP contribution in [-0.4, -0.2) is 57.7 Å². The molecule has 0 radical (unpaired) electrons. The van der Waals surface area contributed by atoms with Gasteiger partial charge in [-0.3, -0.25) is 4.90 Å². The highest BCUT2D eigenvalue weighted by Crippen LogP contribution is 2.34. The summed E-state index contributed by atoms with van der Waals surface area (Å²) in [5.74, 6) is 2.09. The fourth-order valence-corrected chi connectivity index (χ4v) is 6.35. The maximum Gasteiger partial charge on any atom is 0.180 e. The Hall–Kier alpha value is -5.28. The first-order chi connectivity index (χ1) is 22.1. The standard InChI is InChI=1S/C36H33N9/c1-23-7-6-10-31(38-23)35-40-34(41-42-35)28-15-17-44(18-16-28)22-25-11-13-27(14-12-25)33-30(26-8-4-3-5-9-26)20-29-21-37-32-19-24(2)43-45(32)36(29)39-33/h3-14,19-21,28H,15-18,22H2,1-2H3,(H,40,41,42). The maximum atomic E-state index is 5.20. The van der Waals surface area contributed by atoms with Crippen molar-refractivity contribution in [3.63, 3.8) is 0 Å². The van der Waals surface area contributed by atoms with Crippen molar-refractivity contribution in [2.45, 2.75) is 39.2 Å². The molecule has 1 aliphatic heterocycles. The third-order valence-electron chi connectivity index (χ3n) is 8.71. The smallest absolute Gasteiger partial charge is 0.180 e. The molecule has 9 nitrogen and oxygen atoms in total. The molecular weight excluding hydrogens is 558 g/mol. The zero-order valence-electron chi connectivity index (χ0n) is 25.4. The molecular formula is C36H33N9. The van der Waals surface area contributed by atoms with Crippen molar-refractivity contribution in [3.05, 3.63) is 114 Å². The minimum absolute atomic E-state index is 0.380. The number of hydrogen-bond acceptors (Lipinski definition) is 7. The number of hydrogen-bond donors (Lipinski definition) is 1. The minimum Gasteiger partial charge on any atom is -0.323 e. The van der Waals surface area contributed by atoms with Gasteiger partial charge in [0.2, 0.25) is 0 Å². The van der Waals surface area contributed by atoms with Gasteiger partial charge in [-0.25, -0.2) is 15.0 Å². The normalized spacial score (nSPS) is 14.4. The summed E-state index contributed by atoms with van der Waals surface area (Å²) in [7, 11) is 0. The molecule has 1 fully saturated rings. The molecule has 0 aliphatic carbocycles. The van der Waals surface area contributed by atoms with Gasteiger partial charge in [0.05, 0.1) is 11.4 Å². The molecule has 9 heteroatoms. The van der Waals surface area contributed by atoms with E-state index in [1.165, 1.54) is 5.56 Å². The van der Waals surface area contributed by atoms with Crippen molar-refractivity contribution in [2.75, 3.05) is 13.1 Å². The lowest BCUT2D eigenvalue weighted by Gasteiger charge is -2.30. The highest BCUT2D eigenvalue weighted by molar-refractivity contribution is 5.90. The lowest BCUT2D eigenvalue weighted by molar-refractivity contribution is 0.202. The van der Waals surface area contributed by atoms with E-state index in [0.717, 1.165) is 100 Å². The summed E-state index contributed by atoms with van der Waals surface area (Å²) in [4.78, 5) is 20.4. The molecule has 45 heavy (non-hydrogen) atoms. The summed E-state index contributed by atoms with van der Waals surface area (Å²) in [5.41, 5.74) is 9.86. The number of rotatable bonds is 6. The van der Waals surface area contributed by atoms with Gasteiger partial charge in [-0.15, -0.1) is 10.2 Å². The van der Waals surface area contributed by atoms with E-state index in [0.29, 0.717) is 5.92 Å². The van der Waals surface area contributed by atoms with Gasteiger partial charge in [-0.1, -0.05) is 60.7 Å². The second-order valence-electron chi connectivity index (χ2n) is 11.9. The fourth-order valence-electron chi connectivity index (χ4n) is 6.35. The van der Waals surface area contributed by atoms with Crippen LogP contribution in [0.15, 0.2) is 91.1 Å². The molecule has 0 amide bonds. The Balaban J connectivity index is 1.01. The van der Waals surface area contributed by atoms with Crippen molar-refractivity contribution in [3.8, 4) is 33.9 Å². The first-order valence-corrected chi connectivity index (χ1v) is 15.5. The first kappa shape index (κ1) is 27.3. The monoisotopic (exact) mass is 591 g/mol. The number of aromatic amines is 1. The van der Waals surface area contributed by atoms with Crippen LogP contribution in [0.1, 0.15) is 41.5 Å².